The van der Waals surface area contributed by atoms with Crippen LogP contribution in [0.3, 0.4) is 0 Å². The monoisotopic (exact) mass is 424 g/mol. The molecule has 1 aromatic heterocycles. The number of rotatable bonds is 5. The number of aromatic nitrogens is 2. The number of para-hydroxylation sites is 2. The Morgan fingerprint density at radius 3 is 2.71 bits per heavy atom. The number of anilines is 2. The molecule has 3 aliphatic heterocycles. The van der Waals surface area contributed by atoms with Gasteiger partial charge in [0.25, 0.3) is 0 Å². The van der Waals surface area contributed by atoms with Gasteiger partial charge < -0.3 is 14.5 Å². The Kier molecular flexibility index (Phi) is 6.08. The lowest BCUT2D eigenvalue weighted by Gasteiger charge is -2.39. The van der Waals surface area contributed by atoms with Gasteiger partial charge in [-0.25, -0.2) is 4.79 Å². The Hall–Kier alpha value is -2.58. The number of hydrogen-bond acceptors (Lipinski definition) is 5. The third kappa shape index (κ3) is 4.41. The minimum atomic E-state index is 0.131. The maximum absolute atomic E-state index is 13.4. The molecule has 8 heteroatoms. The van der Waals surface area contributed by atoms with Crippen LogP contribution >= 0.6 is 0 Å². The highest BCUT2D eigenvalue weighted by atomic mass is 16.5. The summed E-state index contributed by atoms with van der Waals surface area (Å²) in [5.41, 5.74) is 3.41. The van der Waals surface area contributed by atoms with Gasteiger partial charge in [0.15, 0.2) is 0 Å². The van der Waals surface area contributed by atoms with E-state index in [0.29, 0.717) is 5.92 Å². The predicted molar refractivity (Wildman–Crippen MR) is 121 cm³/mol. The van der Waals surface area contributed by atoms with Gasteiger partial charge >= 0.3 is 6.03 Å². The summed E-state index contributed by atoms with van der Waals surface area (Å²) in [6, 6.07) is 8.49. The van der Waals surface area contributed by atoms with Crippen LogP contribution in [-0.4, -0.2) is 91.6 Å². The van der Waals surface area contributed by atoms with E-state index < -0.39 is 0 Å². The molecule has 1 atom stereocenters. The first-order valence-electron chi connectivity index (χ1n) is 11.5. The Balaban J connectivity index is 1.22. The van der Waals surface area contributed by atoms with Gasteiger partial charge in [0.05, 0.1) is 30.8 Å². The molecule has 0 spiro atoms. The van der Waals surface area contributed by atoms with Crippen molar-refractivity contribution < 1.29 is 9.53 Å². The zero-order valence-corrected chi connectivity index (χ0v) is 18.1. The SMILES string of the molecule is O=C(N1CCC(c2cn[nH]c2)C1)N1CCN(CCCN2CCOCC2)c2ccccc21. The van der Waals surface area contributed by atoms with Crippen LogP contribution in [0, 0.1) is 0 Å². The summed E-state index contributed by atoms with van der Waals surface area (Å²) in [7, 11) is 0. The molecule has 1 aromatic carbocycles. The average molecular weight is 425 g/mol. The van der Waals surface area contributed by atoms with E-state index in [9.17, 15) is 4.79 Å². The van der Waals surface area contributed by atoms with Crippen molar-refractivity contribution in [2.24, 2.45) is 0 Å². The molecule has 1 N–H and O–H groups in total. The fourth-order valence-corrected chi connectivity index (χ4v) is 5.02. The fourth-order valence-electron chi connectivity index (χ4n) is 5.02. The third-order valence-corrected chi connectivity index (χ3v) is 6.79. The number of aromatic amines is 1. The Bertz CT molecular complexity index is 867. The number of nitrogens with zero attached hydrogens (tertiary/aromatic N) is 5. The van der Waals surface area contributed by atoms with Gasteiger partial charge in [-0.2, -0.15) is 5.10 Å². The van der Waals surface area contributed by atoms with Crippen molar-refractivity contribution in [3.05, 3.63) is 42.2 Å². The van der Waals surface area contributed by atoms with Crippen LogP contribution in [0.25, 0.3) is 0 Å². The van der Waals surface area contributed by atoms with Crippen molar-refractivity contribution >= 4 is 17.4 Å². The number of H-pyrrole nitrogens is 1. The summed E-state index contributed by atoms with van der Waals surface area (Å²) in [6.45, 7) is 9.07. The number of morpholine rings is 1. The smallest absolute Gasteiger partial charge is 0.324 e. The molecule has 0 radical (unpaired) electrons. The number of nitrogens with one attached hydrogen (secondary N) is 1. The predicted octanol–water partition coefficient (Wildman–Crippen LogP) is 2.37. The quantitative estimate of drug-likeness (QED) is 0.798. The van der Waals surface area contributed by atoms with E-state index in [1.54, 1.807) is 0 Å². The van der Waals surface area contributed by atoms with E-state index in [1.807, 2.05) is 28.3 Å². The van der Waals surface area contributed by atoms with Crippen LogP contribution in [-0.2, 0) is 4.74 Å². The zero-order valence-electron chi connectivity index (χ0n) is 18.1. The molecule has 4 heterocycles. The molecule has 0 bridgehead atoms. The Morgan fingerprint density at radius 1 is 1.06 bits per heavy atom. The van der Waals surface area contributed by atoms with Crippen LogP contribution in [0.2, 0.25) is 0 Å². The van der Waals surface area contributed by atoms with Gasteiger partial charge in [-0.1, -0.05) is 12.1 Å². The number of carbonyl (C=O) groups excluding carboxylic acids is 1. The number of ether oxygens (including phenoxy) is 1. The van der Waals surface area contributed by atoms with Gasteiger partial charge in [-0.3, -0.25) is 14.9 Å². The van der Waals surface area contributed by atoms with Crippen molar-refractivity contribution in [3.8, 4) is 0 Å². The lowest BCUT2D eigenvalue weighted by molar-refractivity contribution is 0.0376. The summed E-state index contributed by atoms with van der Waals surface area (Å²) < 4.78 is 5.45. The van der Waals surface area contributed by atoms with Crippen LogP contribution in [0.1, 0.15) is 24.3 Å². The van der Waals surface area contributed by atoms with Gasteiger partial charge in [0.1, 0.15) is 0 Å². The molecule has 2 fully saturated rings. The van der Waals surface area contributed by atoms with E-state index in [1.165, 1.54) is 11.3 Å². The van der Waals surface area contributed by atoms with E-state index in [-0.39, 0.29) is 6.03 Å². The van der Waals surface area contributed by atoms with E-state index in [4.69, 9.17) is 4.74 Å². The molecule has 2 aromatic rings. The highest BCUT2D eigenvalue weighted by Gasteiger charge is 2.34. The molecule has 31 heavy (non-hydrogen) atoms. The second-order valence-corrected chi connectivity index (χ2v) is 8.68. The van der Waals surface area contributed by atoms with Crippen molar-refractivity contribution in [3.63, 3.8) is 0 Å². The van der Waals surface area contributed by atoms with Crippen molar-refractivity contribution in [2.45, 2.75) is 18.8 Å². The molecule has 2 amide bonds. The van der Waals surface area contributed by atoms with Gasteiger partial charge in [0, 0.05) is 64.5 Å². The topological polar surface area (TPSA) is 67.9 Å². The normalized spacial score (nSPS) is 22.1. The maximum Gasteiger partial charge on any atom is 0.324 e. The molecule has 8 nitrogen and oxygen atoms in total. The number of urea groups is 1. The largest absolute Gasteiger partial charge is 0.379 e. The fraction of sp³-hybridized carbons (Fsp3) is 0.565. The molecule has 0 saturated carbocycles. The van der Waals surface area contributed by atoms with Crippen molar-refractivity contribution in [1.82, 2.24) is 20.0 Å². The number of amides is 2. The first kappa shape index (κ1) is 20.3. The maximum atomic E-state index is 13.4. The van der Waals surface area contributed by atoms with Gasteiger partial charge in [0.2, 0.25) is 0 Å². The van der Waals surface area contributed by atoms with Gasteiger partial charge in [-0.05, 0) is 30.5 Å². The highest BCUT2D eigenvalue weighted by molar-refractivity contribution is 5.97. The number of hydrogen-bond donors (Lipinski definition) is 1. The van der Waals surface area contributed by atoms with E-state index in [0.717, 1.165) is 84.1 Å². The minimum Gasteiger partial charge on any atom is -0.379 e. The second-order valence-electron chi connectivity index (χ2n) is 8.68. The van der Waals surface area contributed by atoms with E-state index in [2.05, 4.69) is 38.2 Å². The summed E-state index contributed by atoms with van der Waals surface area (Å²) in [6.07, 6.45) is 5.95. The molecular weight excluding hydrogens is 392 g/mol. The molecule has 166 valence electrons. The number of fused-ring (bicyclic) bond motifs is 1. The average Bonchev–Trinajstić information content (AvgIpc) is 3.52. The van der Waals surface area contributed by atoms with Crippen LogP contribution < -0.4 is 9.80 Å². The molecule has 2 saturated heterocycles. The van der Waals surface area contributed by atoms with Crippen LogP contribution in [0.4, 0.5) is 16.2 Å². The molecule has 0 aliphatic carbocycles. The summed E-state index contributed by atoms with van der Waals surface area (Å²) in [4.78, 5) is 22.3. The number of benzene rings is 1. The first-order valence-corrected chi connectivity index (χ1v) is 11.5. The summed E-state index contributed by atoms with van der Waals surface area (Å²) in [5, 5.41) is 6.96. The standard InChI is InChI=1S/C23H32N6O2/c30-23(28-9-6-19(18-28)20-16-24-25-17-20)29-11-10-27(21-4-1-2-5-22(21)29)8-3-7-26-12-14-31-15-13-26/h1-2,4-5,16-17,19H,3,6-15,18H2,(H,24,25). The van der Waals surface area contributed by atoms with Crippen molar-refractivity contribution in [2.75, 3.05) is 75.4 Å². The lowest BCUT2D eigenvalue weighted by atomic mass is 10.0. The molecular formula is C23H32N6O2. The van der Waals surface area contributed by atoms with E-state index >= 15 is 0 Å². The van der Waals surface area contributed by atoms with Crippen molar-refractivity contribution in [1.29, 1.82) is 0 Å². The van der Waals surface area contributed by atoms with Crippen LogP contribution in [0.15, 0.2) is 36.7 Å². The third-order valence-electron chi connectivity index (χ3n) is 6.79. The number of carbonyl (C=O) groups is 1. The number of likely N-dealkylation sites (tertiary alicyclic amines) is 1. The molecule has 3 aliphatic rings. The summed E-state index contributed by atoms with van der Waals surface area (Å²) in [5.74, 6) is 0.374. The van der Waals surface area contributed by atoms with Crippen LogP contribution in [0.5, 0.6) is 0 Å². The second kappa shape index (κ2) is 9.28. The lowest BCUT2D eigenvalue weighted by Crippen LogP contribution is -2.49. The highest BCUT2D eigenvalue weighted by Crippen LogP contribution is 2.35. The Labute approximate surface area is 183 Å². The molecule has 1 unspecified atom stereocenters. The first-order chi connectivity index (χ1) is 15.3. The summed E-state index contributed by atoms with van der Waals surface area (Å²) >= 11 is 0. The van der Waals surface area contributed by atoms with Gasteiger partial charge in [-0.15, -0.1) is 0 Å². The zero-order chi connectivity index (χ0) is 21.0. The molecule has 5 rings (SSSR count). The Morgan fingerprint density at radius 2 is 1.90 bits per heavy atom. The minimum absolute atomic E-state index is 0.131.